The topological polar surface area (TPSA) is 85.4 Å². The maximum Gasteiger partial charge on any atom is 0.255 e. The molecule has 0 saturated heterocycles. The van der Waals surface area contributed by atoms with Crippen LogP contribution in [-0.2, 0) is 0 Å². The molecular formula is C21H22N4O3. The lowest BCUT2D eigenvalue weighted by Gasteiger charge is -2.10. The van der Waals surface area contributed by atoms with Gasteiger partial charge in [-0.1, -0.05) is 6.07 Å². The van der Waals surface area contributed by atoms with Gasteiger partial charge in [0.2, 0.25) is 5.95 Å². The van der Waals surface area contributed by atoms with Crippen molar-refractivity contribution in [3.63, 3.8) is 0 Å². The van der Waals surface area contributed by atoms with E-state index in [1.807, 2.05) is 31.2 Å². The molecule has 3 rings (SSSR count). The Morgan fingerprint density at radius 1 is 1.07 bits per heavy atom. The lowest BCUT2D eigenvalue weighted by molar-refractivity contribution is 0.102. The van der Waals surface area contributed by atoms with E-state index in [0.717, 1.165) is 5.69 Å². The van der Waals surface area contributed by atoms with Crippen molar-refractivity contribution in [1.29, 1.82) is 0 Å². The van der Waals surface area contributed by atoms with Gasteiger partial charge in [0.15, 0.2) is 0 Å². The highest BCUT2D eigenvalue weighted by atomic mass is 16.5. The second kappa shape index (κ2) is 9.36. The van der Waals surface area contributed by atoms with Gasteiger partial charge in [-0.05, 0) is 49.4 Å². The Kier molecular flexibility index (Phi) is 6.41. The SMILES string of the molecule is COc1ccc(C(=O)Nc2cccc(OCCNc3nccc(C)n3)c2)cc1. The lowest BCUT2D eigenvalue weighted by atomic mass is 10.2. The Hall–Kier alpha value is -3.61. The highest BCUT2D eigenvalue weighted by Gasteiger charge is 2.07. The molecule has 0 bridgehead atoms. The van der Waals surface area contributed by atoms with Gasteiger partial charge in [-0.2, -0.15) is 0 Å². The van der Waals surface area contributed by atoms with Crippen molar-refractivity contribution in [2.45, 2.75) is 6.92 Å². The van der Waals surface area contributed by atoms with Crippen LogP contribution in [0.1, 0.15) is 16.1 Å². The minimum atomic E-state index is -0.196. The molecule has 0 radical (unpaired) electrons. The molecule has 144 valence electrons. The van der Waals surface area contributed by atoms with Crippen LogP contribution in [0.2, 0.25) is 0 Å². The van der Waals surface area contributed by atoms with Crippen LogP contribution < -0.4 is 20.1 Å². The zero-order valence-corrected chi connectivity index (χ0v) is 15.8. The van der Waals surface area contributed by atoms with E-state index in [1.54, 1.807) is 43.6 Å². The number of nitrogens with one attached hydrogen (secondary N) is 2. The largest absolute Gasteiger partial charge is 0.497 e. The fraction of sp³-hybridized carbons (Fsp3) is 0.190. The predicted molar refractivity (Wildman–Crippen MR) is 108 cm³/mol. The number of benzene rings is 2. The number of rotatable bonds is 8. The van der Waals surface area contributed by atoms with E-state index in [-0.39, 0.29) is 5.91 Å². The predicted octanol–water partition coefficient (Wildman–Crippen LogP) is 3.54. The quantitative estimate of drug-likeness (QED) is 0.583. The molecule has 0 aliphatic heterocycles. The van der Waals surface area contributed by atoms with Gasteiger partial charge >= 0.3 is 0 Å². The van der Waals surface area contributed by atoms with E-state index in [1.165, 1.54) is 0 Å². The van der Waals surface area contributed by atoms with Crippen LogP contribution in [0.25, 0.3) is 0 Å². The van der Waals surface area contributed by atoms with Crippen molar-refractivity contribution < 1.29 is 14.3 Å². The second-order valence-corrected chi connectivity index (χ2v) is 6.01. The molecule has 3 aromatic rings. The molecule has 0 atom stereocenters. The Balaban J connectivity index is 1.51. The molecule has 7 nitrogen and oxygen atoms in total. The smallest absolute Gasteiger partial charge is 0.255 e. The number of aromatic nitrogens is 2. The number of aryl methyl sites for hydroxylation is 1. The third-order valence-electron chi connectivity index (χ3n) is 3.89. The summed E-state index contributed by atoms with van der Waals surface area (Å²) in [5.74, 6) is 1.75. The summed E-state index contributed by atoms with van der Waals surface area (Å²) in [6.07, 6.45) is 1.71. The molecule has 1 amide bonds. The van der Waals surface area contributed by atoms with Gasteiger partial charge < -0.3 is 20.1 Å². The van der Waals surface area contributed by atoms with Crippen molar-refractivity contribution in [3.8, 4) is 11.5 Å². The molecule has 1 aromatic heterocycles. The van der Waals surface area contributed by atoms with Crippen LogP contribution in [0.15, 0.2) is 60.8 Å². The minimum absolute atomic E-state index is 0.196. The average molecular weight is 378 g/mol. The van der Waals surface area contributed by atoms with Crippen LogP contribution in [0.5, 0.6) is 11.5 Å². The first kappa shape index (κ1) is 19.2. The number of amides is 1. The summed E-state index contributed by atoms with van der Waals surface area (Å²) in [6, 6.07) is 16.0. The van der Waals surface area contributed by atoms with Crippen molar-refractivity contribution in [3.05, 3.63) is 72.1 Å². The lowest BCUT2D eigenvalue weighted by Crippen LogP contribution is -2.14. The molecular weight excluding hydrogens is 356 g/mol. The van der Waals surface area contributed by atoms with E-state index >= 15 is 0 Å². The third kappa shape index (κ3) is 5.44. The normalized spacial score (nSPS) is 10.2. The number of hydrogen-bond donors (Lipinski definition) is 2. The molecule has 0 aliphatic rings. The van der Waals surface area contributed by atoms with Crippen LogP contribution in [0, 0.1) is 6.92 Å². The van der Waals surface area contributed by atoms with Gasteiger partial charge in [0.05, 0.1) is 13.7 Å². The zero-order valence-electron chi connectivity index (χ0n) is 15.8. The highest BCUT2D eigenvalue weighted by molar-refractivity contribution is 6.04. The molecule has 0 spiro atoms. The number of hydrogen-bond acceptors (Lipinski definition) is 6. The monoisotopic (exact) mass is 378 g/mol. The Morgan fingerprint density at radius 2 is 1.89 bits per heavy atom. The maximum atomic E-state index is 12.4. The summed E-state index contributed by atoms with van der Waals surface area (Å²) < 4.78 is 10.8. The molecule has 0 fully saturated rings. The number of methoxy groups -OCH3 is 1. The molecule has 2 aromatic carbocycles. The first-order valence-corrected chi connectivity index (χ1v) is 8.86. The van der Waals surface area contributed by atoms with E-state index < -0.39 is 0 Å². The zero-order chi connectivity index (χ0) is 19.8. The van der Waals surface area contributed by atoms with E-state index in [2.05, 4.69) is 20.6 Å². The van der Waals surface area contributed by atoms with E-state index in [0.29, 0.717) is 41.8 Å². The minimum Gasteiger partial charge on any atom is -0.497 e. The first-order chi connectivity index (χ1) is 13.6. The van der Waals surface area contributed by atoms with Crippen molar-refractivity contribution in [1.82, 2.24) is 9.97 Å². The van der Waals surface area contributed by atoms with Crippen LogP contribution in [0.3, 0.4) is 0 Å². The van der Waals surface area contributed by atoms with Crippen LogP contribution >= 0.6 is 0 Å². The standard InChI is InChI=1S/C21H22N4O3/c1-15-10-11-22-21(24-15)23-12-13-28-19-5-3-4-17(14-19)25-20(26)16-6-8-18(27-2)9-7-16/h3-11,14H,12-13H2,1-2H3,(H,25,26)(H,22,23,24). The summed E-state index contributed by atoms with van der Waals surface area (Å²) in [7, 11) is 1.59. The summed E-state index contributed by atoms with van der Waals surface area (Å²) in [4.78, 5) is 20.8. The molecule has 0 saturated carbocycles. The Labute approximate surface area is 163 Å². The van der Waals surface area contributed by atoms with Gasteiger partial charge in [-0.25, -0.2) is 9.97 Å². The van der Waals surface area contributed by atoms with Crippen LogP contribution in [-0.4, -0.2) is 36.1 Å². The van der Waals surface area contributed by atoms with Crippen molar-refractivity contribution in [2.24, 2.45) is 0 Å². The molecule has 28 heavy (non-hydrogen) atoms. The highest BCUT2D eigenvalue weighted by Crippen LogP contribution is 2.19. The molecule has 1 heterocycles. The average Bonchev–Trinajstić information content (AvgIpc) is 2.72. The first-order valence-electron chi connectivity index (χ1n) is 8.86. The third-order valence-corrected chi connectivity index (χ3v) is 3.89. The summed E-state index contributed by atoms with van der Waals surface area (Å²) in [5, 5.41) is 5.97. The van der Waals surface area contributed by atoms with Gasteiger partial charge in [-0.3, -0.25) is 4.79 Å². The number of carbonyl (C=O) groups excluding carboxylic acids is 1. The molecule has 0 aliphatic carbocycles. The van der Waals surface area contributed by atoms with Gasteiger partial charge in [0.1, 0.15) is 18.1 Å². The van der Waals surface area contributed by atoms with E-state index in [4.69, 9.17) is 9.47 Å². The molecule has 2 N–H and O–H groups in total. The number of anilines is 2. The Bertz CT molecular complexity index is 929. The van der Waals surface area contributed by atoms with Crippen molar-refractivity contribution in [2.75, 3.05) is 30.9 Å². The second-order valence-electron chi connectivity index (χ2n) is 6.01. The molecule has 0 unspecified atom stereocenters. The van der Waals surface area contributed by atoms with Gasteiger partial charge in [0.25, 0.3) is 5.91 Å². The maximum absolute atomic E-state index is 12.4. The summed E-state index contributed by atoms with van der Waals surface area (Å²) >= 11 is 0. The van der Waals surface area contributed by atoms with Crippen LogP contribution in [0.4, 0.5) is 11.6 Å². The van der Waals surface area contributed by atoms with Gasteiger partial charge in [-0.15, -0.1) is 0 Å². The summed E-state index contributed by atoms with van der Waals surface area (Å²) in [5.41, 5.74) is 2.11. The molecule has 7 heteroatoms. The number of ether oxygens (including phenoxy) is 2. The van der Waals surface area contributed by atoms with E-state index in [9.17, 15) is 4.79 Å². The Morgan fingerprint density at radius 3 is 2.64 bits per heavy atom. The van der Waals surface area contributed by atoms with Gasteiger partial charge in [0, 0.05) is 29.2 Å². The number of nitrogens with zero attached hydrogens (tertiary/aromatic N) is 2. The number of carbonyl (C=O) groups is 1. The van der Waals surface area contributed by atoms with Crippen molar-refractivity contribution >= 4 is 17.5 Å². The summed E-state index contributed by atoms with van der Waals surface area (Å²) in [6.45, 7) is 2.91. The fourth-order valence-electron chi connectivity index (χ4n) is 2.48. The fourth-order valence-corrected chi connectivity index (χ4v) is 2.48.